The summed E-state index contributed by atoms with van der Waals surface area (Å²) in [5.41, 5.74) is 3.20. The van der Waals surface area contributed by atoms with E-state index >= 15 is 0 Å². The zero-order valence-electron chi connectivity index (χ0n) is 14.8. The normalized spacial score (nSPS) is 10.8. The average Bonchev–Trinajstić information content (AvgIpc) is 3.21. The maximum Gasteiger partial charge on any atom is 0.237 e. The lowest BCUT2D eigenvalue weighted by Crippen LogP contribution is -2.10. The Kier molecular flexibility index (Phi) is 4.23. The number of nitrogens with one attached hydrogen (secondary N) is 1. The van der Waals surface area contributed by atoms with E-state index in [4.69, 9.17) is 4.98 Å². The lowest BCUT2D eigenvalue weighted by Gasteiger charge is -2.15. The van der Waals surface area contributed by atoms with Crippen molar-refractivity contribution in [1.29, 1.82) is 0 Å². The van der Waals surface area contributed by atoms with Crippen LogP contribution in [0.2, 0.25) is 0 Å². The molecule has 0 aliphatic rings. The van der Waals surface area contributed by atoms with E-state index in [0.29, 0.717) is 12.5 Å². The number of anilines is 2. The van der Waals surface area contributed by atoms with Crippen LogP contribution in [0.5, 0.6) is 0 Å². The van der Waals surface area contributed by atoms with Crippen LogP contribution in [0.15, 0.2) is 67.3 Å². The summed E-state index contributed by atoms with van der Waals surface area (Å²) in [6.07, 6.45) is 5.27. The van der Waals surface area contributed by atoms with Crippen molar-refractivity contribution < 1.29 is 0 Å². The SMILES string of the molecule is CN(C)c1ccc2nc(-n3ccnc3)nc(NCc3ccccc3)c2c1. The molecule has 0 saturated heterocycles. The van der Waals surface area contributed by atoms with Gasteiger partial charge in [-0.05, 0) is 23.8 Å². The minimum atomic E-state index is 0.600. The molecule has 0 aliphatic carbocycles. The van der Waals surface area contributed by atoms with E-state index in [2.05, 4.69) is 44.5 Å². The highest BCUT2D eigenvalue weighted by Gasteiger charge is 2.10. The zero-order valence-corrected chi connectivity index (χ0v) is 14.8. The second kappa shape index (κ2) is 6.84. The highest BCUT2D eigenvalue weighted by molar-refractivity contribution is 5.92. The first-order valence-electron chi connectivity index (χ1n) is 8.46. The Hall–Kier alpha value is -3.41. The van der Waals surface area contributed by atoms with Crippen LogP contribution in [0.4, 0.5) is 11.5 Å². The van der Waals surface area contributed by atoms with E-state index in [1.54, 1.807) is 12.5 Å². The van der Waals surface area contributed by atoms with Gasteiger partial charge in [0, 0.05) is 44.1 Å². The number of fused-ring (bicyclic) bond motifs is 1. The Morgan fingerprint density at radius 2 is 1.88 bits per heavy atom. The summed E-state index contributed by atoms with van der Waals surface area (Å²) >= 11 is 0. The van der Waals surface area contributed by atoms with Gasteiger partial charge in [0.15, 0.2) is 0 Å². The molecule has 0 atom stereocenters. The lowest BCUT2D eigenvalue weighted by atomic mass is 10.2. The van der Waals surface area contributed by atoms with Crippen LogP contribution in [0, 0.1) is 0 Å². The second-order valence-corrected chi connectivity index (χ2v) is 6.28. The molecule has 6 nitrogen and oxygen atoms in total. The maximum absolute atomic E-state index is 4.74. The fourth-order valence-electron chi connectivity index (χ4n) is 2.79. The molecule has 0 saturated carbocycles. The molecular formula is C20H20N6. The van der Waals surface area contributed by atoms with Crippen molar-refractivity contribution in [3.63, 3.8) is 0 Å². The minimum Gasteiger partial charge on any atom is -0.378 e. The molecule has 0 aliphatic heterocycles. The van der Waals surface area contributed by atoms with Crippen LogP contribution in [0.25, 0.3) is 16.9 Å². The molecule has 0 spiro atoms. The summed E-state index contributed by atoms with van der Waals surface area (Å²) in [6.45, 7) is 0.697. The summed E-state index contributed by atoms with van der Waals surface area (Å²) in [7, 11) is 4.05. The third-order valence-corrected chi connectivity index (χ3v) is 4.22. The van der Waals surface area contributed by atoms with E-state index in [-0.39, 0.29) is 0 Å². The monoisotopic (exact) mass is 344 g/mol. The van der Waals surface area contributed by atoms with Gasteiger partial charge in [-0.2, -0.15) is 4.98 Å². The van der Waals surface area contributed by atoms with Crippen molar-refractivity contribution in [3.8, 4) is 5.95 Å². The predicted octanol–water partition coefficient (Wildman–Crippen LogP) is 3.49. The highest BCUT2D eigenvalue weighted by Crippen LogP contribution is 2.26. The largest absolute Gasteiger partial charge is 0.378 e. The van der Waals surface area contributed by atoms with Gasteiger partial charge in [-0.25, -0.2) is 9.97 Å². The van der Waals surface area contributed by atoms with Gasteiger partial charge in [-0.3, -0.25) is 4.57 Å². The second-order valence-electron chi connectivity index (χ2n) is 6.28. The lowest BCUT2D eigenvalue weighted by molar-refractivity contribution is 0.936. The molecule has 0 fully saturated rings. The fraction of sp³-hybridized carbons (Fsp3) is 0.150. The Morgan fingerprint density at radius 1 is 1.04 bits per heavy atom. The Bertz CT molecular complexity index is 1010. The standard InChI is InChI=1S/C20H20N6/c1-25(2)16-8-9-18-17(12-16)19(22-13-15-6-4-3-5-7-15)24-20(23-18)26-11-10-21-14-26/h3-12,14H,13H2,1-2H3,(H,22,23,24). The first-order valence-corrected chi connectivity index (χ1v) is 8.46. The summed E-state index contributed by atoms with van der Waals surface area (Å²) < 4.78 is 1.81. The molecule has 4 aromatic rings. The van der Waals surface area contributed by atoms with Crippen molar-refractivity contribution in [2.75, 3.05) is 24.3 Å². The van der Waals surface area contributed by atoms with Gasteiger partial charge in [-0.15, -0.1) is 0 Å². The number of imidazole rings is 1. The average molecular weight is 344 g/mol. The number of nitrogens with zero attached hydrogens (tertiary/aromatic N) is 5. The van der Waals surface area contributed by atoms with E-state index in [1.165, 1.54) is 5.56 Å². The molecule has 2 heterocycles. The smallest absolute Gasteiger partial charge is 0.237 e. The van der Waals surface area contributed by atoms with Crippen molar-refractivity contribution in [1.82, 2.24) is 19.5 Å². The van der Waals surface area contributed by atoms with Crippen molar-refractivity contribution in [3.05, 3.63) is 72.8 Å². The van der Waals surface area contributed by atoms with Crippen molar-refractivity contribution >= 4 is 22.4 Å². The first-order chi connectivity index (χ1) is 12.7. The van der Waals surface area contributed by atoms with Crippen LogP contribution in [0.1, 0.15) is 5.56 Å². The van der Waals surface area contributed by atoms with Gasteiger partial charge in [0.05, 0.1) is 5.52 Å². The molecule has 130 valence electrons. The Balaban J connectivity index is 1.79. The molecule has 0 amide bonds. The number of benzene rings is 2. The molecule has 26 heavy (non-hydrogen) atoms. The summed E-state index contributed by atoms with van der Waals surface area (Å²) in [6, 6.07) is 16.5. The van der Waals surface area contributed by atoms with Gasteiger partial charge < -0.3 is 10.2 Å². The third kappa shape index (κ3) is 3.21. The van der Waals surface area contributed by atoms with Gasteiger partial charge in [0.25, 0.3) is 0 Å². The molecule has 0 radical (unpaired) electrons. The summed E-state index contributed by atoms with van der Waals surface area (Å²) in [5, 5.41) is 4.47. The van der Waals surface area contributed by atoms with E-state index in [1.807, 2.05) is 49.1 Å². The van der Waals surface area contributed by atoms with Crippen LogP contribution in [0.3, 0.4) is 0 Å². The molecule has 2 aromatic carbocycles. The highest BCUT2D eigenvalue weighted by atomic mass is 15.2. The summed E-state index contributed by atoms with van der Waals surface area (Å²) in [4.78, 5) is 15.6. The Labute approximate surface area is 152 Å². The van der Waals surface area contributed by atoms with E-state index in [9.17, 15) is 0 Å². The van der Waals surface area contributed by atoms with Gasteiger partial charge in [0.1, 0.15) is 12.1 Å². The minimum absolute atomic E-state index is 0.600. The van der Waals surface area contributed by atoms with Gasteiger partial charge >= 0.3 is 0 Å². The molecule has 4 rings (SSSR count). The number of hydrogen-bond acceptors (Lipinski definition) is 5. The Morgan fingerprint density at radius 3 is 2.62 bits per heavy atom. The molecule has 6 heteroatoms. The molecule has 2 aromatic heterocycles. The van der Waals surface area contributed by atoms with Crippen molar-refractivity contribution in [2.24, 2.45) is 0 Å². The van der Waals surface area contributed by atoms with Crippen LogP contribution < -0.4 is 10.2 Å². The maximum atomic E-state index is 4.74. The molecule has 1 N–H and O–H groups in total. The zero-order chi connectivity index (χ0) is 17.9. The first kappa shape index (κ1) is 16.1. The van der Waals surface area contributed by atoms with Crippen LogP contribution in [-0.4, -0.2) is 33.6 Å². The molecular weight excluding hydrogens is 324 g/mol. The summed E-state index contributed by atoms with van der Waals surface area (Å²) in [5.74, 6) is 1.41. The molecule has 0 unspecified atom stereocenters. The van der Waals surface area contributed by atoms with Gasteiger partial charge in [-0.1, -0.05) is 30.3 Å². The number of hydrogen-bond donors (Lipinski definition) is 1. The number of aromatic nitrogens is 4. The number of rotatable bonds is 5. The van der Waals surface area contributed by atoms with Crippen LogP contribution >= 0.6 is 0 Å². The van der Waals surface area contributed by atoms with Crippen molar-refractivity contribution in [2.45, 2.75) is 6.54 Å². The molecule has 0 bridgehead atoms. The predicted molar refractivity (Wildman–Crippen MR) is 105 cm³/mol. The quantitative estimate of drug-likeness (QED) is 0.600. The van der Waals surface area contributed by atoms with Crippen LogP contribution in [-0.2, 0) is 6.54 Å². The topological polar surface area (TPSA) is 58.9 Å². The van der Waals surface area contributed by atoms with Gasteiger partial charge in [0.2, 0.25) is 5.95 Å². The van der Waals surface area contributed by atoms with E-state index < -0.39 is 0 Å². The third-order valence-electron chi connectivity index (χ3n) is 4.22. The van der Waals surface area contributed by atoms with E-state index in [0.717, 1.165) is 22.4 Å². The fourth-order valence-corrected chi connectivity index (χ4v) is 2.79.